The average molecular weight is 706 g/mol. The fourth-order valence-corrected chi connectivity index (χ4v) is 9.43. The third kappa shape index (κ3) is 5.22. The molecule has 2 aliphatic carbocycles. The van der Waals surface area contributed by atoms with Crippen LogP contribution < -0.4 is 4.90 Å². The Bertz CT molecular complexity index is 2740. The summed E-state index contributed by atoms with van der Waals surface area (Å²) in [6.07, 6.45) is 0. The highest BCUT2D eigenvalue weighted by Crippen LogP contribution is 2.55. The summed E-state index contributed by atoms with van der Waals surface area (Å²) in [7, 11) is 0. The Kier molecular flexibility index (Phi) is 7.58. The summed E-state index contributed by atoms with van der Waals surface area (Å²) in [5.74, 6) is 0. The monoisotopic (exact) mass is 705 g/mol. The topological polar surface area (TPSA) is 3.24 Å². The van der Waals surface area contributed by atoms with Crippen LogP contribution in [0.2, 0.25) is 0 Å². The number of benzene rings is 8. The lowest BCUT2D eigenvalue weighted by molar-refractivity contribution is 0.660. The lowest BCUT2D eigenvalue weighted by atomic mass is 9.82. The highest BCUT2D eigenvalue weighted by atomic mass is 15.1. The molecule has 2 aliphatic rings. The van der Waals surface area contributed by atoms with Crippen molar-refractivity contribution in [3.05, 3.63) is 210 Å². The summed E-state index contributed by atoms with van der Waals surface area (Å²) in [4.78, 5) is 2.50. The number of fused-ring (bicyclic) bond motifs is 6. The third-order valence-electron chi connectivity index (χ3n) is 12.3. The second kappa shape index (κ2) is 12.6. The number of hydrogen-bond acceptors (Lipinski definition) is 1. The summed E-state index contributed by atoms with van der Waals surface area (Å²) in [5, 5.41) is 0. The minimum absolute atomic E-state index is 0.101. The highest BCUT2D eigenvalue weighted by Gasteiger charge is 2.39. The maximum atomic E-state index is 2.50. The number of anilines is 3. The largest absolute Gasteiger partial charge is 0.310 e. The molecule has 264 valence electrons. The van der Waals surface area contributed by atoms with Crippen LogP contribution in [-0.4, -0.2) is 0 Å². The van der Waals surface area contributed by atoms with Crippen LogP contribution in [0.3, 0.4) is 0 Å². The average Bonchev–Trinajstić information content (AvgIpc) is 3.61. The predicted molar refractivity (Wildman–Crippen MR) is 233 cm³/mol. The van der Waals surface area contributed by atoms with Crippen LogP contribution in [0.5, 0.6) is 0 Å². The predicted octanol–water partition coefficient (Wildman–Crippen LogP) is 14.8. The third-order valence-corrected chi connectivity index (χ3v) is 12.3. The van der Waals surface area contributed by atoms with Gasteiger partial charge >= 0.3 is 0 Å². The van der Waals surface area contributed by atoms with E-state index >= 15 is 0 Å². The van der Waals surface area contributed by atoms with Crippen molar-refractivity contribution in [2.75, 3.05) is 4.90 Å². The van der Waals surface area contributed by atoms with Gasteiger partial charge in [-0.25, -0.2) is 0 Å². The lowest BCUT2D eigenvalue weighted by Crippen LogP contribution is -2.17. The highest BCUT2D eigenvalue weighted by molar-refractivity contribution is 5.96. The Hall–Kier alpha value is -6.44. The first-order valence-corrected chi connectivity index (χ1v) is 19.4. The van der Waals surface area contributed by atoms with Gasteiger partial charge in [-0.15, -0.1) is 0 Å². The standard InChI is InChI=1S/C54H43N/c1-53(2)48-23-14-12-21-45(48)52-49(53)24-15-25-51(52)55(41-31-33-44-43-20-11-13-22-47(43)54(3,4)50(44)35-41)40-29-26-38(27-30-40)46-34-39(36-16-7-5-8-17-36)28-32-42(46)37-18-9-6-10-19-37/h5-35H,1-4H3. The summed E-state index contributed by atoms with van der Waals surface area (Å²) < 4.78 is 0. The van der Waals surface area contributed by atoms with Crippen LogP contribution >= 0.6 is 0 Å². The summed E-state index contributed by atoms with van der Waals surface area (Å²) in [6, 6.07) is 69.5. The first-order chi connectivity index (χ1) is 26.8. The van der Waals surface area contributed by atoms with Gasteiger partial charge in [-0.1, -0.05) is 179 Å². The Balaban J connectivity index is 1.16. The summed E-state index contributed by atoms with van der Waals surface area (Å²) >= 11 is 0. The summed E-state index contributed by atoms with van der Waals surface area (Å²) in [6.45, 7) is 9.47. The fraction of sp³-hybridized carbons (Fsp3) is 0.111. The van der Waals surface area contributed by atoms with Crippen molar-refractivity contribution >= 4 is 17.1 Å². The molecule has 55 heavy (non-hydrogen) atoms. The van der Waals surface area contributed by atoms with E-state index in [9.17, 15) is 0 Å². The van der Waals surface area contributed by atoms with Gasteiger partial charge in [0.1, 0.15) is 0 Å². The molecule has 1 heteroatoms. The van der Waals surface area contributed by atoms with E-state index in [2.05, 4.69) is 221 Å². The van der Waals surface area contributed by atoms with Crippen LogP contribution in [0.4, 0.5) is 17.1 Å². The molecule has 0 radical (unpaired) electrons. The molecular weight excluding hydrogens is 663 g/mol. The van der Waals surface area contributed by atoms with Crippen LogP contribution in [0.15, 0.2) is 188 Å². The van der Waals surface area contributed by atoms with Crippen LogP contribution in [0.25, 0.3) is 55.6 Å². The smallest absolute Gasteiger partial charge is 0.0543 e. The number of rotatable bonds is 6. The van der Waals surface area contributed by atoms with Gasteiger partial charge in [-0.3, -0.25) is 0 Å². The van der Waals surface area contributed by atoms with E-state index in [1.165, 1.54) is 89.3 Å². The van der Waals surface area contributed by atoms with Crippen molar-refractivity contribution in [1.29, 1.82) is 0 Å². The molecule has 0 heterocycles. The fourth-order valence-electron chi connectivity index (χ4n) is 9.43. The lowest BCUT2D eigenvalue weighted by Gasteiger charge is -2.30. The van der Waals surface area contributed by atoms with Crippen molar-refractivity contribution in [3.8, 4) is 55.6 Å². The zero-order valence-corrected chi connectivity index (χ0v) is 31.8. The second-order valence-electron chi connectivity index (χ2n) is 16.1. The molecule has 1 nitrogen and oxygen atoms in total. The Morgan fingerprint density at radius 3 is 1.55 bits per heavy atom. The van der Waals surface area contributed by atoms with Crippen LogP contribution in [0, 0.1) is 0 Å². The van der Waals surface area contributed by atoms with Crippen molar-refractivity contribution in [3.63, 3.8) is 0 Å². The van der Waals surface area contributed by atoms with Gasteiger partial charge in [-0.05, 0) is 109 Å². The Labute approximate surface area is 325 Å². The Morgan fingerprint density at radius 2 is 0.818 bits per heavy atom. The van der Waals surface area contributed by atoms with Crippen LogP contribution in [0.1, 0.15) is 49.9 Å². The van der Waals surface area contributed by atoms with E-state index in [-0.39, 0.29) is 10.8 Å². The molecule has 0 fully saturated rings. The molecule has 0 atom stereocenters. The first kappa shape index (κ1) is 33.2. The number of nitrogens with zero attached hydrogens (tertiary/aromatic N) is 1. The molecule has 0 saturated carbocycles. The van der Waals surface area contributed by atoms with E-state index in [0.717, 1.165) is 5.69 Å². The van der Waals surface area contributed by atoms with Crippen molar-refractivity contribution in [2.24, 2.45) is 0 Å². The molecule has 0 unspecified atom stereocenters. The van der Waals surface area contributed by atoms with Gasteiger partial charge in [0.25, 0.3) is 0 Å². The quantitative estimate of drug-likeness (QED) is 0.166. The molecule has 0 aromatic heterocycles. The van der Waals surface area contributed by atoms with Crippen molar-refractivity contribution < 1.29 is 0 Å². The molecule has 0 saturated heterocycles. The zero-order chi connectivity index (χ0) is 37.3. The van der Waals surface area contributed by atoms with E-state index < -0.39 is 0 Å². The summed E-state index contributed by atoms with van der Waals surface area (Å²) in [5.41, 5.74) is 21.4. The van der Waals surface area contributed by atoms with Gasteiger partial charge in [-0.2, -0.15) is 0 Å². The maximum absolute atomic E-state index is 2.50. The first-order valence-electron chi connectivity index (χ1n) is 19.4. The maximum Gasteiger partial charge on any atom is 0.0543 e. The normalized spacial score (nSPS) is 14.1. The van der Waals surface area contributed by atoms with E-state index in [1.54, 1.807) is 0 Å². The van der Waals surface area contributed by atoms with Gasteiger partial charge in [0.05, 0.1) is 5.69 Å². The van der Waals surface area contributed by atoms with Gasteiger partial charge in [0.15, 0.2) is 0 Å². The molecular formula is C54H43N. The molecule has 0 bridgehead atoms. The van der Waals surface area contributed by atoms with Gasteiger partial charge < -0.3 is 4.90 Å². The van der Waals surface area contributed by atoms with Crippen LogP contribution in [-0.2, 0) is 10.8 Å². The molecule has 0 aliphatic heterocycles. The second-order valence-corrected chi connectivity index (χ2v) is 16.1. The minimum Gasteiger partial charge on any atom is -0.310 e. The molecule has 0 amide bonds. The van der Waals surface area contributed by atoms with E-state index in [4.69, 9.17) is 0 Å². The van der Waals surface area contributed by atoms with Gasteiger partial charge in [0, 0.05) is 27.8 Å². The number of hydrogen-bond donors (Lipinski definition) is 0. The minimum atomic E-state index is -0.109. The Morgan fingerprint density at radius 1 is 0.309 bits per heavy atom. The van der Waals surface area contributed by atoms with Crippen molar-refractivity contribution in [1.82, 2.24) is 0 Å². The van der Waals surface area contributed by atoms with Gasteiger partial charge in [0.2, 0.25) is 0 Å². The molecule has 8 aromatic carbocycles. The molecule has 0 N–H and O–H groups in total. The molecule has 0 spiro atoms. The molecule has 8 aromatic rings. The van der Waals surface area contributed by atoms with Crippen molar-refractivity contribution in [2.45, 2.75) is 38.5 Å². The SMILES string of the molecule is CC1(C)c2ccccc2-c2ccc(N(c3ccc(-c4cc(-c5ccccc5)ccc4-c4ccccc4)cc3)c3cccc4c3-c3ccccc3C4(C)C)cc21. The zero-order valence-electron chi connectivity index (χ0n) is 31.8. The van der Waals surface area contributed by atoms with E-state index in [0.29, 0.717) is 0 Å². The molecule has 10 rings (SSSR count). The van der Waals surface area contributed by atoms with E-state index in [1.807, 2.05) is 0 Å².